The van der Waals surface area contributed by atoms with Crippen molar-refractivity contribution >= 4 is 34.7 Å². The summed E-state index contributed by atoms with van der Waals surface area (Å²) in [5.74, 6) is 0. The monoisotopic (exact) mass is 359 g/mol. The molecular formula is C14H9ClF3N3O3. The normalized spacial score (nSPS) is 11.0. The van der Waals surface area contributed by atoms with Crippen LogP contribution in [0, 0.1) is 10.1 Å². The number of urea groups is 1. The zero-order valence-corrected chi connectivity index (χ0v) is 12.5. The first-order valence-corrected chi connectivity index (χ1v) is 6.74. The fraction of sp³-hybridized carbons (Fsp3) is 0.0714. The number of carbonyl (C=O) groups is 1. The van der Waals surface area contributed by atoms with Crippen molar-refractivity contribution in [3.63, 3.8) is 0 Å². The highest BCUT2D eigenvalue weighted by Gasteiger charge is 2.30. The van der Waals surface area contributed by atoms with Gasteiger partial charge in [-0.05, 0) is 30.3 Å². The van der Waals surface area contributed by atoms with Gasteiger partial charge >= 0.3 is 12.2 Å². The molecule has 126 valence electrons. The van der Waals surface area contributed by atoms with Crippen molar-refractivity contribution in [1.29, 1.82) is 0 Å². The van der Waals surface area contributed by atoms with Gasteiger partial charge in [0.2, 0.25) is 0 Å². The molecule has 0 saturated heterocycles. The standard InChI is InChI=1S/C14H9ClF3N3O3/c15-11-6-5-10(21(23)24)7-12(11)20-13(22)19-9-3-1-8(2-4-9)14(16,17)18/h1-7H,(H2,19,20,22). The molecule has 24 heavy (non-hydrogen) atoms. The first-order chi connectivity index (χ1) is 11.2. The van der Waals surface area contributed by atoms with Crippen LogP contribution in [-0.2, 0) is 6.18 Å². The number of hydrogen-bond donors (Lipinski definition) is 2. The summed E-state index contributed by atoms with van der Waals surface area (Å²) in [6.07, 6.45) is -4.47. The maximum atomic E-state index is 12.4. The number of amides is 2. The number of alkyl halides is 3. The number of rotatable bonds is 3. The van der Waals surface area contributed by atoms with Crippen molar-refractivity contribution in [3.8, 4) is 0 Å². The molecule has 0 aliphatic rings. The summed E-state index contributed by atoms with van der Waals surface area (Å²) in [5, 5.41) is 15.4. The molecule has 0 fully saturated rings. The molecule has 2 rings (SSSR count). The second-order valence-electron chi connectivity index (χ2n) is 4.58. The average molecular weight is 360 g/mol. The van der Waals surface area contributed by atoms with Gasteiger partial charge in [-0.15, -0.1) is 0 Å². The van der Waals surface area contributed by atoms with E-state index < -0.39 is 22.7 Å². The van der Waals surface area contributed by atoms with Crippen LogP contribution in [0.15, 0.2) is 42.5 Å². The van der Waals surface area contributed by atoms with Crippen molar-refractivity contribution < 1.29 is 22.9 Å². The molecule has 2 N–H and O–H groups in total. The lowest BCUT2D eigenvalue weighted by Gasteiger charge is -2.10. The predicted molar refractivity (Wildman–Crippen MR) is 82.2 cm³/mol. The molecule has 0 radical (unpaired) electrons. The largest absolute Gasteiger partial charge is 0.416 e. The van der Waals surface area contributed by atoms with E-state index in [4.69, 9.17) is 11.6 Å². The molecule has 0 heterocycles. The van der Waals surface area contributed by atoms with Crippen LogP contribution in [0.2, 0.25) is 5.02 Å². The lowest BCUT2D eigenvalue weighted by atomic mass is 10.2. The first-order valence-electron chi connectivity index (χ1n) is 6.36. The molecule has 0 unspecified atom stereocenters. The molecule has 0 spiro atoms. The Bertz CT molecular complexity index is 779. The molecule has 0 aliphatic carbocycles. The number of halogens is 4. The Morgan fingerprint density at radius 3 is 2.25 bits per heavy atom. The van der Waals surface area contributed by atoms with E-state index in [-0.39, 0.29) is 22.1 Å². The molecule has 2 amide bonds. The Morgan fingerprint density at radius 1 is 1.08 bits per heavy atom. The molecule has 0 aliphatic heterocycles. The molecule has 0 bridgehead atoms. The molecule has 2 aromatic carbocycles. The molecule has 0 saturated carbocycles. The quantitative estimate of drug-likeness (QED) is 0.603. The van der Waals surface area contributed by atoms with E-state index in [1.54, 1.807) is 0 Å². The van der Waals surface area contributed by atoms with Gasteiger partial charge in [0.15, 0.2) is 0 Å². The van der Waals surface area contributed by atoms with Crippen molar-refractivity contribution in [2.24, 2.45) is 0 Å². The number of nitro groups is 1. The maximum absolute atomic E-state index is 12.4. The molecular weight excluding hydrogens is 351 g/mol. The third kappa shape index (κ3) is 4.35. The van der Waals surface area contributed by atoms with Crippen LogP contribution in [-0.4, -0.2) is 11.0 Å². The molecule has 6 nitrogen and oxygen atoms in total. The van der Waals surface area contributed by atoms with Crippen LogP contribution >= 0.6 is 11.6 Å². The number of anilines is 2. The van der Waals surface area contributed by atoms with Crippen LogP contribution in [0.3, 0.4) is 0 Å². The zero-order valence-electron chi connectivity index (χ0n) is 11.7. The SMILES string of the molecule is O=C(Nc1ccc(C(F)(F)F)cc1)Nc1cc([N+](=O)[O-])ccc1Cl. The van der Waals surface area contributed by atoms with Crippen molar-refractivity contribution in [2.75, 3.05) is 10.6 Å². The number of non-ortho nitro benzene ring substituents is 1. The number of hydrogen-bond acceptors (Lipinski definition) is 3. The van der Waals surface area contributed by atoms with Crippen LogP contribution < -0.4 is 10.6 Å². The van der Waals surface area contributed by atoms with Crippen molar-refractivity contribution in [3.05, 3.63) is 63.2 Å². The van der Waals surface area contributed by atoms with Gasteiger partial charge in [-0.2, -0.15) is 13.2 Å². The van der Waals surface area contributed by atoms with Gasteiger partial charge < -0.3 is 10.6 Å². The summed E-state index contributed by atoms with van der Waals surface area (Å²) >= 11 is 5.83. The van der Waals surface area contributed by atoms with Crippen LogP contribution in [0.4, 0.5) is 35.0 Å². The summed E-state index contributed by atoms with van der Waals surface area (Å²) in [7, 11) is 0. The van der Waals surface area contributed by atoms with E-state index in [0.29, 0.717) is 0 Å². The summed E-state index contributed by atoms with van der Waals surface area (Å²) in [4.78, 5) is 21.9. The van der Waals surface area contributed by atoms with E-state index in [0.717, 1.165) is 30.3 Å². The van der Waals surface area contributed by atoms with Gasteiger partial charge in [-0.1, -0.05) is 11.6 Å². The molecule has 0 aromatic heterocycles. The third-order valence-corrected chi connectivity index (χ3v) is 3.21. The number of nitrogens with one attached hydrogen (secondary N) is 2. The van der Waals surface area contributed by atoms with Crippen LogP contribution in [0.1, 0.15) is 5.56 Å². The van der Waals surface area contributed by atoms with Gasteiger partial charge in [-0.25, -0.2) is 4.79 Å². The van der Waals surface area contributed by atoms with Crippen molar-refractivity contribution in [2.45, 2.75) is 6.18 Å². The average Bonchev–Trinajstić information content (AvgIpc) is 2.48. The summed E-state index contributed by atoms with van der Waals surface area (Å²) in [5.41, 5.74) is -1.02. The number of carbonyl (C=O) groups excluding carboxylic acids is 1. The Hall–Kier alpha value is -2.81. The highest BCUT2D eigenvalue weighted by atomic mass is 35.5. The minimum atomic E-state index is -4.47. The topological polar surface area (TPSA) is 84.3 Å². The van der Waals surface area contributed by atoms with Crippen LogP contribution in [0.5, 0.6) is 0 Å². The Kier molecular flexibility index (Phi) is 4.93. The minimum Gasteiger partial charge on any atom is -0.308 e. The van der Waals surface area contributed by atoms with Crippen molar-refractivity contribution in [1.82, 2.24) is 0 Å². The van der Waals surface area contributed by atoms with Gasteiger partial charge in [-0.3, -0.25) is 10.1 Å². The zero-order chi connectivity index (χ0) is 17.9. The highest BCUT2D eigenvalue weighted by molar-refractivity contribution is 6.33. The second kappa shape index (κ2) is 6.75. The summed E-state index contributed by atoms with van der Waals surface area (Å²) < 4.78 is 37.3. The maximum Gasteiger partial charge on any atom is 0.416 e. The van der Waals surface area contributed by atoms with E-state index in [1.165, 1.54) is 12.1 Å². The van der Waals surface area contributed by atoms with Gasteiger partial charge in [0.1, 0.15) is 0 Å². The fourth-order valence-electron chi connectivity index (χ4n) is 1.75. The summed E-state index contributed by atoms with van der Waals surface area (Å²) in [6.45, 7) is 0. The van der Waals surface area contributed by atoms with E-state index in [2.05, 4.69) is 10.6 Å². The Labute approximate surface area is 138 Å². The number of benzene rings is 2. The minimum absolute atomic E-state index is 0.00437. The fourth-order valence-corrected chi connectivity index (χ4v) is 1.91. The smallest absolute Gasteiger partial charge is 0.308 e. The lowest BCUT2D eigenvalue weighted by molar-refractivity contribution is -0.384. The predicted octanol–water partition coefficient (Wildman–Crippen LogP) is 4.91. The number of nitrogens with zero attached hydrogens (tertiary/aromatic N) is 1. The molecule has 10 heteroatoms. The van der Waals surface area contributed by atoms with Gasteiger partial charge in [0, 0.05) is 17.8 Å². The van der Waals surface area contributed by atoms with Gasteiger partial charge in [0.05, 0.1) is 21.2 Å². The Balaban J connectivity index is 2.08. The van der Waals surface area contributed by atoms with Crippen LogP contribution in [0.25, 0.3) is 0 Å². The van der Waals surface area contributed by atoms with E-state index in [1.807, 2.05) is 0 Å². The Morgan fingerprint density at radius 2 is 1.71 bits per heavy atom. The number of nitro benzene ring substituents is 1. The lowest BCUT2D eigenvalue weighted by Crippen LogP contribution is -2.19. The first kappa shape index (κ1) is 17.5. The molecule has 0 atom stereocenters. The highest BCUT2D eigenvalue weighted by Crippen LogP contribution is 2.30. The second-order valence-corrected chi connectivity index (χ2v) is 4.98. The van der Waals surface area contributed by atoms with Gasteiger partial charge in [0.25, 0.3) is 5.69 Å². The third-order valence-electron chi connectivity index (χ3n) is 2.88. The van der Waals surface area contributed by atoms with E-state index >= 15 is 0 Å². The van der Waals surface area contributed by atoms with E-state index in [9.17, 15) is 28.1 Å². The summed E-state index contributed by atoms with van der Waals surface area (Å²) in [6, 6.07) is 6.46. The molecule has 2 aromatic rings.